The van der Waals surface area contributed by atoms with Gasteiger partial charge in [0.2, 0.25) is 0 Å². The Morgan fingerprint density at radius 2 is 1.16 bits per heavy atom. The maximum Gasteiger partial charge on any atom is 0.106 e. The molecule has 186 valence electrons. The number of hydrogen-bond donors (Lipinski definition) is 0. The molecule has 0 spiro atoms. The first-order valence-electron chi connectivity index (χ1n) is 13.1. The Labute approximate surface area is 233 Å². The SMILES string of the molecule is CC(C)(C)Cc1cccc(-c2ccc3c(-c4ccc(Br)nc4)c4ccccc4c(-c4ccccc4)c3c2)c1. The molecule has 2 heteroatoms. The molecule has 6 aromatic rings. The van der Waals surface area contributed by atoms with E-state index in [1.807, 2.05) is 12.3 Å². The van der Waals surface area contributed by atoms with Crippen LogP contribution in [0.4, 0.5) is 0 Å². The van der Waals surface area contributed by atoms with Gasteiger partial charge in [-0.15, -0.1) is 0 Å². The summed E-state index contributed by atoms with van der Waals surface area (Å²) in [6, 6.07) is 39.7. The minimum Gasteiger partial charge on any atom is -0.249 e. The number of rotatable bonds is 4. The van der Waals surface area contributed by atoms with Crippen LogP contribution in [0, 0.1) is 5.41 Å². The van der Waals surface area contributed by atoms with E-state index in [2.05, 4.69) is 145 Å². The van der Waals surface area contributed by atoms with Gasteiger partial charge in [-0.05, 0) is 94.8 Å². The van der Waals surface area contributed by atoms with Crippen LogP contribution in [-0.4, -0.2) is 4.98 Å². The van der Waals surface area contributed by atoms with Crippen molar-refractivity contribution in [3.63, 3.8) is 0 Å². The Morgan fingerprint density at radius 1 is 0.553 bits per heavy atom. The molecule has 0 aliphatic carbocycles. The topological polar surface area (TPSA) is 12.9 Å². The number of benzene rings is 5. The molecule has 0 N–H and O–H groups in total. The van der Waals surface area contributed by atoms with Crippen molar-refractivity contribution in [2.75, 3.05) is 0 Å². The molecule has 1 nitrogen and oxygen atoms in total. The second-order valence-electron chi connectivity index (χ2n) is 11.2. The highest BCUT2D eigenvalue weighted by Crippen LogP contribution is 2.44. The van der Waals surface area contributed by atoms with Crippen LogP contribution in [0.1, 0.15) is 26.3 Å². The molecule has 0 unspecified atom stereocenters. The monoisotopic (exact) mass is 555 g/mol. The van der Waals surface area contributed by atoms with Crippen molar-refractivity contribution in [1.82, 2.24) is 4.98 Å². The van der Waals surface area contributed by atoms with Crippen LogP contribution in [0.3, 0.4) is 0 Å². The number of hydrogen-bond acceptors (Lipinski definition) is 1. The van der Waals surface area contributed by atoms with Gasteiger partial charge in [-0.1, -0.05) is 118 Å². The fourth-order valence-corrected chi connectivity index (χ4v) is 5.82. The summed E-state index contributed by atoms with van der Waals surface area (Å²) in [6.07, 6.45) is 3.02. The molecule has 1 heterocycles. The Kier molecular flexibility index (Phi) is 6.37. The van der Waals surface area contributed by atoms with Crippen molar-refractivity contribution in [3.8, 4) is 33.4 Å². The predicted molar refractivity (Wildman–Crippen MR) is 166 cm³/mol. The van der Waals surface area contributed by atoms with Gasteiger partial charge in [0.05, 0.1) is 0 Å². The maximum atomic E-state index is 4.57. The van der Waals surface area contributed by atoms with Gasteiger partial charge in [-0.3, -0.25) is 0 Å². The zero-order valence-corrected chi connectivity index (χ0v) is 23.6. The first kappa shape index (κ1) is 24.6. The highest BCUT2D eigenvalue weighted by atomic mass is 79.9. The summed E-state index contributed by atoms with van der Waals surface area (Å²) in [6.45, 7) is 6.89. The lowest BCUT2D eigenvalue weighted by molar-refractivity contribution is 0.411. The first-order chi connectivity index (χ1) is 18.4. The maximum absolute atomic E-state index is 4.57. The predicted octanol–water partition coefficient (Wildman–Crippen LogP) is 10.7. The second-order valence-corrected chi connectivity index (χ2v) is 12.0. The van der Waals surface area contributed by atoms with E-state index in [0.717, 1.165) is 16.6 Å². The summed E-state index contributed by atoms with van der Waals surface area (Å²) in [7, 11) is 0. The average Bonchev–Trinajstić information content (AvgIpc) is 2.92. The van der Waals surface area contributed by atoms with Crippen LogP contribution in [-0.2, 0) is 6.42 Å². The highest BCUT2D eigenvalue weighted by Gasteiger charge is 2.18. The van der Waals surface area contributed by atoms with Gasteiger partial charge in [0.15, 0.2) is 0 Å². The standard InChI is InChI=1S/C36H30BrN/c1-36(2,3)22-24-10-9-13-26(20-24)27-16-18-31-32(21-27)34(25-11-5-4-6-12-25)29-14-7-8-15-30(29)35(31)28-17-19-33(37)38-23-28/h4-21,23H,22H2,1-3H3. The minimum absolute atomic E-state index is 0.245. The van der Waals surface area contributed by atoms with E-state index < -0.39 is 0 Å². The Morgan fingerprint density at radius 3 is 1.84 bits per heavy atom. The van der Waals surface area contributed by atoms with E-state index in [1.165, 1.54) is 54.9 Å². The van der Waals surface area contributed by atoms with Crippen molar-refractivity contribution in [2.24, 2.45) is 5.41 Å². The third kappa shape index (κ3) is 4.77. The summed E-state index contributed by atoms with van der Waals surface area (Å²) in [5.41, 5.74) is 8.96. The van der Waals surface area contributed by atoms with Crippen LogP contribution in [0.2, 0.25) is 0 Å². The van der Waals surface area contributed by atoms with Crippen LogP contribution in [0.15, 0.2) is 120 Å². The third-order valence-corrected chi connectivity index (χ3v) is 7.57. The zero-order valence-electron chi connectivity index (χ0n) is 22.0. The molecule has 0 aliphatic heterocycles. The van der Waals surface area contributed by atoms with Crippen molar-refractivity contribution in [3.05, 3.63) is 126 Å². The summed E-state index contributed by atoms with van der Waals surface area (Å²) in [5.74, 6) is 0. The van der Waals surface area contributed by atoms with Crippen LogP contribution in [0.25, 0.3) is 54.9 Å². The largest absolute Gasteiger partial charge is 0.249 e. The van der Waals surface area contributed by atoms with Gasteiger partial charge in [0.25, 0.3) is 0 Å². The smallest absolute Gasteiger partial charge is 0.106 e. The van der Waals surface area contributed by atoms with E-state index in [4.69, 9.17) is 0 Å². The first-order valence-corrected chi connectivity index (χ1v) is 13.9. The summed E-state index contributed by atoms with van der Waals surface area (Å²) in [5, 5.41) is 4.98. The van der Waals surface area contributed by atoms with E-state index in [1.54, 1.807) is 0 Å². The van der Waals surface area contributed by atoms with Crippen molar-refractivity contribution in [2.45, 2.75) is 27.2 Å². The summed E-state index contributed by atoms with van der Waals surface area (Å²) < 4.78 is 0.841. The van der Waals surface area contributed by atoms with Crippen molar-refractivity contribution < 1.29 is 0 Å². The third-order valence-electron chi connectivity index (χ3n) is 7.10. The van der Waals surface area contributed by atoms with Gasteiger partial charge in [-0.25, -0.2) is 4.98 Å². The van der Waals surface area contributed by atoms with E-state index in [0.29, 0.717) is 0 Å². The van der Waals surface area contributed by atoms with Gasteiger partial charge in [0.1, 0.15) is 4.60 Å². The summed E-state index contributed by atoms with van der Waals surface area (Å²) in [4.78, 5) is 4.57. The highest BCUT2D eigenvalue weighted by molar-refractivity contribution is 9.10. The van der Waals surface area contributed by atoms with Crippen molar-refractivity contribution >= 4 is 37.5 Å². The Hall–Kier alpha value is -3.75. The molecular weight excluding hydrogens is 526 g/mol. The normalized spacial score (nSPS) is 11.8. The second kappa shape index (κ2) is 9.85. The molecule has 0 atom stereocenters. The van der Waals surface area contributed by atoms with Crippen molar-refractivity contribution in [1.29, 1.82) is 0 Å². The zero-order chi connectivity index (χ0) is 26.3. The van der Waals surface area contributed by atoms with E-state index in [9.17, 15) is 0 Å². The fraction of sp³-hybridized carbons (Fsp3) is 0.139. The van der Waals surface area contributed by atoms with Crippen LogP contribution < -0.4 is 0 Å². The van der Waals surface area contributed by atoms with Gasteiger partial charge in [-0.2, -0.15) is 0 Å². The molecular formula is C36H30BrN. The lowest BCUT2D eigenvalue weighted by atomic mass is 9.84. The molecule has 0 radical (unpaired) electrons. The molecule has 0 aliphatic rings. The van der Waals surface area contributed by atoms with E-state index in [-0.39, 0.29) is 5.41 Å². The number of halogens is 1. The summed E-state index contributed by atoms with van der Waals surface area (Å²) >= 11 is 3.51. The quantitative estimate of drug-likeness (QED) is 0.155. The molecule has 0 amide bonds. The van der Waals surface area contributed by atoms with Gasteiger partial charge < -0.3 is 0 Å². The minimum atomic E-state index is 0.245. The lowest BCUT2D eigenvalue weighted by Crippen LogP contribution is -2.08. The molecule has 1 aromatic heterocycles. The number of aromatic nitrogens is 1. The average molecular weight is 557 g/mol. The van der Waals surface area contributed by atoms with E-state index >= 15 is 0 Å². The molecule has 0 saturated heterocycles. The molecule has 38 heavy (non-hydrogen) atoms. The molecule has 0 fully saturated rings. The van der Waals surface area contributed by atoms with Gasteiger partial charge in [0, 0.05) is 11.8 Å². The Balaban J connectivity index is 1.67. The lowest BCUT2D eigenvalue weighted by Gasteiger charge is -2.20. The number of nitrogens with zero attached hydrogens (tertiary/aromatic N) is 1. The molecule has 6 rings (SSSR count). The Bertz CT molecular complexity index is 1760. The molecule has 5 aromatic carbocycles. The molecule has 0 bridgehead atoms. The molecule has 0 saturated carbocycles. The van der Waals surface area contributed by atoms with Crippen LogP contribution >= 0.6 is 15.9 Å². The van der Waals surface area contributed by atoms with Gasteiger partial charge >= 0.3 is 0 Å². The fourth-order valence-electron chi connectivity index (χ4n) is 5.58. The van der Waals surface area contributed by atoms with Crippen LogP contribution in [0.5, 0.6) is 0 Å². The number of fused-ring (bicyclic) bond motifs is 2. The number of pyridine rings is 1.